The predicted octanol–water partition coefficient (Wildman–Crippen LogP) is 4.06. The van der Waals surface area contributed by atoms with Gasteiger partial charge in [0.1, 0.15) is 11.4 Å². The van der Waals surface area contributed by atoms with E-state index in [4.69, 9.17) is 4.74 Å². The fraction of sp³-hybridized carbons (Fsp3) is 0.105. The molecule has 0 saturated carbocycles. The molecule has 0 spiro atoms. The van der Waals surface area contributed by atoms with Crippen molar-refractivity contribution < 1.29 is 14.3 Å². The molecule has 1 aromatic heterocycles. The zero-order chi connectivity index (χ0) is 19.4. The van der Waals surface area contributed by atoms with E-state index in [0.717, 1.165) is 10.0 Å². The molecule has 0 bridgehead atoms. The molecule has 0 aliphatic carbocycles. The summed E-state index contributed by atoms with van der Waals surface area (Å²) in [7, 11) is 1.50. The van der Waals surface area contributed by atoms with Gasteiger partial charge in [-0.15, -0.1) is 0 Å². The van der Waals surface area contributed by atoms with Crippen LogP contribution in [-0.2, 0) is 4.79 Å². The Bertz CT molecular complexity index is 983. The Balaban J connectivity index is 1.81. The van der Waals surface area contributed by atoms with Crippen molar-refractivity contribution in [3.8, 4) is 17.0 Å². The number of halogens is 1. The summed E-state index contributed by atoms with van der Waals surface area (Å²) in [5, 5.41) is 12.4. The van der Waals surface area contributed by atoms with Gasteiger partial charge in [-0.05, 0) is 36.4 Å². The third-order valence-electron chi connectivity index (χ3n) is 3.73. The van der Waals surface area contributed by atoms with Crippen molar-refractivity contribution in [1.82, 2.24) is 10.2 Å². The van der Waals surface area contributed by atoms with Crippen LogP contribution in [0.1, 0.15) is 17.4 Å². The number of rotatable bonds is 5. The smallest absolute Gasteiger partial charge is 0.273 e. The van der Waals surface area contributed by atoms with Crippen LogP contribution in [0.4, 0.5) is 11.4 Å². The number of benzene rings is 2. The molecule has 3 rings (SSSR count). The van der Waals surface area contributed by atoms with Gasteiger partial charge in [-0.2, -0.15) is 5.10 Å². The number of methoxy groups -OCH3 is 1. The van der Waals surface area contributed by atoms with Crippen molar-refractivity contribution in [3.63, 3.8) is 0 Å². The van der Waals surface area contributed by atoms with Crippen LogP contribution in [0.15, 0.2) is 53.0 Å². The van der Waals surface area contributed by atoms with Crippen molar-refractivity contribution in [2.45, 2.75) is 6.92 Å². The van der Waals surface area contributed by atoms with Crippen molar-refractivity contribution in [1.29, 1.82) is 0 Å². The van der Waals surface area contributed by atoms with Crippen molar-refractivity contribution in [2.24, 2.45) is 0 Å². The van der Waals surface area contributed by atoms with Gasteiger partial charge >= 0.3 is 0 Å². The van der Waals surface area contributed by atoms with E-state index in [9.17, 15) is 9.59 Å². The minimum absolute atomic E-state index is 0.204. The standard InChI is InChI=1S/C19H17BrN4O3/c1-11(25)21-14-7-8-18(27-2)16(9-14)22-19(26)17-10-15(23-24-17)12-3-5-13(20)6-4-12/h3-10H,1-2H3,(H,21,25)(H,22,26)(H,23,24). The highest BCUT2D eigenvalue weighted by Crippen LogP contribution is 2.28. The SMILES string of the molecule is COc1ccc(NC(C)=O)cc1NC(=O)c1cc(-c2ccc(Br)cc2)n[nH]1. The minimum Gasteiger partial charge on any atom is -0.495 e. The summed E-state index contributed by atoms with van der Waals surface area (Å²) in [6.45, 7) is 1.41. The fourth-order valence-corrected chi connectivity index (χ4v) is 2.75. The Morgan fingerprint density at radius 2 is 1.81 bits per heavy atom. The lowest BCUT2D eigenvalue weighted by Gasteiger charge is -2.11. The number of amides is 2. The lowest BCUT2D eigenvalue weighted by atomic mass is 10.1. The molecule has 27 heavy (non-hydrogen) atoms. The molecule has 0 aliphatic heterocycles. The van der Waals surface area contributed by atoms with Crippen LogP contribution in [0, 0.1) is 0 Å². The van der Waals surface area contributed by atoms with Crippen LogP contribution >= 0.6 is 15.9 Å². The summed E-state index contributed by atoms with van der Waals surface area (Å²) in [6.07, 6.45) is 0. The van der Waals surface area contributed by atoms with Crippen molar-refractivity contribution in [3.05, 3.63) is 58.7 Å². The summed E-state index contributed by atoms with van der Waals surface area (Å²) < 4.78 is 6.23. The molecule has 3 N–H and O–H groups in total. The molecule has 2 aromatic carbocycles. The van der Waals surface area contributed by atoms with Crippen molar-refractivity contribution >= 4 is 39.1 Å². The molecule has 1 heterocycles. The lowest BCUT2D eigenvalue weighted by Crippen LogP contribution is -2.14. The molecule has 0 aliphatic rings. The Morgan fingerprint density at radius 3 is 2.48 bits per heavy atom. The van der Waals surface area contributed by atoms with Gasteiger partial charge in [0, 0.05) is 22.6 Å². The molecule has 0 saturated heterocycles. The van der Waals surface area contributed by atoms with Crippen LogP contribution in [0.5, 0.6) is 5.75 Å². The molecule has 8 heteroatoms. The van der Waals surface area contributed by atoms with E-state index < -0.39 is 0 Å². The molecule has 0 atom stereocenters. The van der Waals surface area contributed by atoms with Crippen LogP contribution in [0.25, 0.3) is 11.3 Å². The largest absolute Gasteiger partial charge is 0.495 e. The minimum atomic E-state index is -0.371. The molecular weight excluding hydrogens is 412 g/mol. The summed E-state index contributed by atoms with van der Waals surface area (Å²) in [4.78, 5) is 23.8. The number of nitrogens with zero attached hydrogens (tertiary/aromatic N) is 1. The summed E-state index contributed by atoms with van der Waals surface area (Å²) in [5.74, 6) is -0.0978. The van der Waals surface area contributed by atoms with Crippen molar-refractivity contribution in [2.75, 3.05) is 17.7 Å². The second-order valence-electron chi connectivity index (χ2n) is 5.72. The van der Waals surface area contributed by atoms with E-state index in [1.807, 2.05) is 24.3 Å². The summed E-state index contributed by atoms with van der Waals surface area (Å²) >= 11 is 3.39. The van der Waals surface area contributed by atoms with Gasteiger partial charge in [0.25, 0.3) is 5.91 Å². The Hall–Kier alpha value is -3.13. The van der Waals surface area contributed by atoms with Crippen LogP contribution in [0.2, 0.25) is 0 Å². The maximum absolute atomic E-state index is 12.6. The van der Waals surface area contributed by atoms with Crippen LogP contribution in [0.3, 0.4) is 0 Å². The van der Waals surface area contributed by atoms with Gasteiger partial charge in [-0.25, -0.2) is 0 Å². The van der Waals surface area contributed by atoms with E-state index in [0.29, 0.717) is 28.5 Å². The second-order valence-corrected chi connectivity index (χ2v) is 6.64. The molecular formula is C19H17BrN4O3. The van der Waals surface area contributed by atoms with Gasteiger partial charge in [-0.1, -0.05) is 28.1 Å². The quantitative estimate of drug-likeness (QED) is 0.570. The lowest BCUT2D eigenvalue weighted by molar-refractivity contribution is -0.114. The number of nitrogens with one attached hydrogen (secondary N) is 3. The third kappa shape index (κ3) is 4.53. The first-order valence-electron chi connectivity index (χ1n) is 8.04. The second kappa shape index (κ2) is 8.05. The number of aromatic amines is 1. The van der Waals surface area contributed by atoms with Gasteiger partial charge < -0.3 is 15.4 Å². The maximum Gasteiger partial charge on any atom is 0.273 e. The first-order valence-corrected chi connectivity index (χ1v) is 8.84. The number of anilines is 2. The molecule has 0 fully saturated rings. The Labute approximate surface area is 164 Å². The molecule has 7 nitrogen and oxygen atoms in total. The van der Waals surface area contributed by atoms with E-state index in [1.54, 1.807) is 24.3 Å². The molecule has 2 amide bonds. The third-order valence-corrected chi connectivity index (χ3v) is 4.26. The Morgan fingerprint density at radius 1 is 1.07 bits per heavy atom. The number of carbonyl (C=O) groups excluding carboxylic acids is 2. The number of carbonyl (C=O) groups is 2. The molecule has 138 valence electrons. The molecule has 0 radical (unpaired) electrons. The van der Waals surface area contributed by atoms with Crippen LogP contribution < -0.4 is 15.4 Å². The van der Waals surface area contributed by atoms with E-state index in [2.05, 4.69) is 36.8 Å². The highest BCUT2D eigenvalue weighted by Gasteiger charge is 2.14. The fourth-order valence-electron chi connectivity index (χ4n) is 2.48. The van der Waals surface area contributed by atoms with Gasteiger partial charge in [-0.3, -0.25) is 14.7 Å². The topological polar surface area (TPSA) is 96.1 Å². The van der Waals surface area contributed by atoms with Gasteiger partial charge in [0.05, 0.1) is 18.5 Å². The number of hydrogen-bond donors (Lipinski definition) is 3. The molecule has 3 aromatic rings. The predicted molar refractivity (Wildman–Crippen MR) is 107 cm³/mol. The number of ether oxygens (including phenoxy) is 1. The molecule has 0 unspecified atom stereocenters. The average Bonchev–Trinajstić information content (AvgIpc) is 3.12. The first-order chi connectivity index (χ1) is 13.0. The summed E-state index contributed by atoms with van der Waals surface area (Å²) in [5.41, 5.74) is 2.84. The maximum atomic E-state index is 12.6. The normalized spacial score (nSPS) is 10.3. The monoisotopic (exact) mass is 428 g/mol. The zero-order valence-electron chi connectivity index (χ0n) is 14.7. The van der Waals surface area contributed by atoms with E-state index >= 15 is 0 Å². The van der Waals surface area contributed by atoms with E-state index in [1.165, 1.54) is 14.0 Å². The van der Waals surface area contributed by atoms with Crippen LogP contribution in [-0.4, -0.2) is 29.1 Å². The first kappa shape index (κ1) is 18.7. The zero-order valence-corrected chi connectivity index (χ0v) is 16.3. The van der Waals surface area contributed by atoms with E-state index in [-0.39, 0.29) is 11.8 Å². The van der Waals surface area contributed by atoms with Gasteiger partial charge in [0.15, 0.2) is 0 Å². The van der Waals surface area contributed by atoms with Gasteiger partial charge in [0.2, 0.25) is 5.91 Å². The highest BCUT2D eigenvalue weighted by atomic mass is 79.9. The average molecular weight is 429 g/mol. The Kier molecular flexibility index (Phi) is 5.56. The number of aromatic nitrogens is 2. The summed E-state index contributed by atoms with van der Waals surface area (Å²) in [6, 6.07) is 14.3. The highest BCUT2D eigenvalue weighted by molar-refractivity contribution is 9.10. The number of H-pyrrole nitrogens is 1. The number of hydrogen-bond acceptors (Lipinski definition) is 4.